The standard InChI is InChI=1S/C12H11F3N4O/c1-5(2)10-17-11(19-18-10)12(20)16-9-7(14)3-6(13)4-8(9)15/h3-5H,1-2H3,(H,16,20)(H,17,18,19). The Kier molecular flexibility index (Phi) is 3.73. The quantitative estimate of drug-likeness (QED) is 0.910. The molecule has 1 aromatic carbocycles. The lowest BCUT2D eigenvalue weighted by Gasteiger charge is -2.05. The van der Waals surface area contributed by atoms with Gasteiger partial charge in [0.2, 0.25) is 5.82 Å². The Labute approximate surface area is 112 Å². The predicted octanol–water partition coefficient (Wildman–Crippen LogP) is 2.60. The van der Waals surface area contributed by atoms with Gasteiger partial charge in [-0.1, -0.05) is 13.8 Å². The summed E-state index contributed by atoms with van der Waals surface area (Å²) >= 11 is 0. The van der Waals surface area contributed by atoms with E-state index >= 15 is 0 Å². The Hall–Kier alpha value is -2.38. The number of carbonyl (C=O) groups is 1. The molecule has 0 spiro atoms. The average molecular weight is 284 g/mol. The second-order valence-corrected chi connectivity index (χ2v) is 4.40. The van der Waals surface area contributed by atoms with Crippen LogP contribution in [0.15, 0.2) is 12.1 Å². The van der Waals surface area contributed by atoms with Gasteiger partial charge < -0.3 is 5.32 Å². The number of hydrogen-bond acceptors (Lipinski definition) is 3. The second-order valence-electron chi connectivity index (χ2n) is 4.40. The van der Waals surface area contributed by atoms with E-state index in [-0.39, 0.29) is 11.7 Å². The Morgan fingerprint density at radius 1 is 1.25 bits per heavy atom. The lowest BCUT2D eigenvalue weighted by Crippen LogP contribution is -2.16. The van der Waals surface area contributed by atoms with Gasteiger partial charge >= 0.3 is 0 Å². The van der Waals surface area contributed by atoms with E-state index in [0.29, 0.717) is 18.0 Å². The number of aromatic amines is 1. The van der Waals surface area contributed by atoms with E-state index in [0.717, 1.165) is 0 Å². The number of halogens is 3. The maximum absolute atomic E-state index is 13.4. The van der Waals surface area contributed by atoms with Gasteiger partial charge in [-0.25, -0.2) is 18.2 Å². The van der Waals surface area contributed by atoms with Gasteiger partial charge in [-0.05, 0) is 0 Å². The lowest BCUT2D eigenvalue weighted by molar-refractivity contribution is 0.101. The van der Waals surface area contributed by atoms with E-state index < -0.39 is 29.0 Å². The molecule has 0 saturated carbocycles. The van der Waals surface area contributed by atoms with Crippen molar-refractivity contribution in [3.8, 4) is 0 Å². The smallest absolute Gasteiger partial charge is 0.295 e. The van der Waals surface area contributed by atoms with E-state index in [1.165, 1.54) is 0 Å². The zero-order valence-electron chi connectivity index (χ0n) is 10.7. The minimum atomic E-state index is -1.21. The lowest BCUT2D eigenvalue weighted by atomic mass is 10.2. The maximum Gasteiger partial charge on any atom is 0.295 e. The van der Waals surface area contributed by atoms with Crippen molar-refractivity contribution in [2.45, 2.75) is 19.8 Å². The van der Waals surface area contributed by atoms with Crippen LogP contribution in [0, 0.1) is 17.5 Å². The Morgan fingerprint density at radius 3 is 2.35 bits per heavy atom. The minimum absolute atomic E-state index is 0.0170. The molecular weight excluding hydrogens is 273 g/mol. The molecule has 2 N–H and O–H groups in total. The normalized spacial score (nSPS) is 10.9. The summed E-state index contributed by atoms with van der Waals surface area (Å²) in [7, 11) is 0. The highest BCUT2D eigenvalue weighted by molar-refractivity contribution is 6.01. The summed E-state index contributed by atoms with van der Waals surface area (Å²) in [4.78, 5) is 15.6. The summed E-state index contributed by atoms with van der Waals surface area (Å²) in [6.45, 7) is 3.67. The van der Waals surface area contributed by atoms with Gasteiger partial charge in [-0.2, -0.15) is 0 Å². The molecule has 0 aliphatic rings. The Morgan fingerprint density at radius 2 is 1.85 bits per heavy atom. The van der Waals surface area contributed by atoms with Gasteiger partial charge in [0, 0.05) is 18.1 Å². The molecule has 0 aliphatic carbocycles. The van der Waals surface area contributed by atoms with Crippen LogP contribution in [0.3, 0.4) is 0 Å². The first-order valence-corrected chi connectivity index (χ1v) is 5.76. The van der Waals surface area contributed by atoms with Crippen LogP contribution in [-0.4, -0.2) is 21.1 Å². The van der Waals surface area contributed by atoms with Gasteiger partial charge in [0.1, 0.15) is 17.3 Å². The number of nitrogens with zero attached hydrogens (tertiary/aromatic N) is 2. The number of anilines is 1. The molecule has 0 aliphatic heterocycles. The van der Waals surface area contributed by atoms with Gasteiger partial charge in [0.15, 0.2) is 11.6 Å². The summed E-state index contributed by atoms with van der Waals surface area (Å²) in [5.74, 6) is -4.16. The number of H-pyrrole nitrogens is 1. The maximum atomic E-state index is 13.4. The fourth-order valence-corrected chi connectivity index (χ4v) is 1.47. The third-order valence-corrected chi connectivity index (χ3v) is 2.50. The van der Waals surface area contributed by atoms with E-state index in [1.54, 1.807) is 0 Å². The van der Waals surface area contributed by atoms with Crippen LogP contribution in [0.4, 0.5) is 18.9 Å². The van der Waals surface area contributed by atoms with Crippen LogP contribution in [0.25, 0.3) is 0 Å². The summed E-state index contributed by atoms with van der Waals surface area (Å²) < 4.78 is 39.5. The van der Waals surface area contributed by atoms with Crippen molar-refractivity contribution < 1.29 is 18.0 Å². The number of carbonyl (C=O) groups excluding carboxylic acids is 1. The highest BCUT2D eigenvalue weighted by Crippen LogP contribution is 2.20. The molecule has 1 amide bonds. The molecule has 1 heterocycles. The topological polar surface area (TPSA) is 70.7 Å². The molecule has 2 aromatic rings. The van der Waals surface area contributed by atoms with Crippen molar-refractivity contribution in [2.24, 2.45) is 0 Å². The largest absolute Gasteiger partial charge is 0.314 e. The van der Waals surface area contributed by atoms with Gasteiger partial charge in [0.05, 0.1) is 0 Å². The molecule has 8 heteroatoms. The highest BCUT2D eigenvalue weighted by atomic mass is 19.1. The summed E-state index contributed by atoms with van der Waals surface area (Å²) in [6, 6.07) is 0.937. The number of nitrogens with one attached hydrogen (secondary N) is 2. The minimum Gasteiger partial charge on any atom is -0.314 e. The summed E-state index contributed by atoms with van der Waals surface area (Å²) in [6.07, 6.45) is 0. The second kappa shape index (κ2) is 5.32. The molecule has 0 unspecified atom stereocenters. The molecule has 0 bridgehead atoms. The highest BCUT2D eigenvalue weighted by Gasteiger charge is 2.19. The molecular formula is C12H11F3N4O. The SMILES string of the molecule is CC(C)c1nc(C(=O)Nc2c(F)cc(F)cc2F)n[nH]1. The molecule has 1 aromatic heterocycles. The van der Waals surface area contributed by atoms with Crippen molar-refractivity contribution in [1.29, 1.82) is 0 Å². The van der Waals surface area contributed by atoms with Crippen molar-refractivity contribution in [1.82, 2.24) is 15.2 Å². The number of hydrogen-bond donors (Lipinski definition) is 2. The average Bonchev–Trinajstić information content (AvgIpc) is 2.83. The van der Waals surface area contributed by atoms with Crippen molar-refractivity contribution in [2.75, 3.05) is 5.32 Å². The zero-order valence-corrected chi connectivity index (χ0v) is 10.7. The molecule has 106 valence electrons. The van der Waals surface area contributed by atoms with E-state index in [2.05, 4.69) is 15.2 Å². The first kappa shape index (κ1) is 14.0. The molecule has 0 saturated heterocycles. The Bertz CT molecular complexity index is 631. The van der Waals surface area contributed by atoms with E-state index in [1.807, 2.05) is 19.2 Å². The number of benzene rings is 1. The van der Waals surface area contributed by atoms with Crippen LogP contribution >= 0.6 is 0 Å². The van der Waals surface area contributed by atoms with Crippen molar-refractivity contribution in [3.05, 3.63) is 41.2 Å². The van der Waals surface area contributed by atoms with E-state index in [9.17, 15) is 18.0 Å². The van der Waals surface area contributed by atoms with Gasteiger partial charge in [0.25, 0.3) is 5.91 Å². The molecule has 0 radical (unpaired) electrons. The van der Waals surface area contributed by atoms with Crippen molar-refractivity contribution in [3.63, 3.8) is 0 Å². The monoisotopic (exact) mass is 284 g/mol. The van der Waals surface area contributed by atoms with Gasteiger partial charge in [-0.15, -0.1) is 5.10 Å². The zero-order chi connectivity index (χ0) is 14.9. The fraction of sp³-hybridized carbons (Fsp3) is 0.250. The van der Waals surface area contributed by atoms with Crippen LogP contribution in [-0.2, 0) is 0 Å². The molecule has 0 atom stereocenters. The third-order valence-electron chi connectivity index (χ3n) is 2.50. The van der Waals surface area contributed by atoms with E-state index in [4.69, 9.17) is 0 Å². The Balaban J connectivity index is 2.23. The third kappa shape index (κ3) is 2.79. The summed E-state index contributed by atoms with van der Waals surface area (Å²) in [5.41, 5.74) is -0.743. The molecule has 0 fully saturated rings. The van der Waals surface area contributed by atoms with Gasteiger partial charge in [-0.3, -0.25) is 9.89 Å². The van der Waals surface area contributed by atoms with Crippen LogP contribution in [0.2, 0.25) is 0 Å². The molecule has 5 nitrogen and oxygen atoms in total. The van der Waals surface area contributed by atoms with Crippen LogP contribution in [0.5, 0.6) is 0 Å². The van der Waals surface area contributed by atoms with Crippen LogP contribution < -0.4 is 5.32 Å². The number of rotatable bonds is 3. The van der Waals surface area contributed by atoms with Crippen molar-refractivity contribution >= 4 is 11.6 Å². The predicted molar refractivity (Wildman–Crippen MR) is 64.7 cm³/mol. The number of amides is 1. The molecule has 2 rings (SSSR count). The summed E-state index contributed by atoms with van der Waals surface area (Å²) in [5, 5.41) is 8.16. The fourth-order valence-electron chi connectivity index (χ4n) is 1.47. The molecule has 20 heavy (non-hydrogen) atoms. The first-order chi connectivity index (χ1) is 9.38. The van der Waals surface area contributed by atoms with Crippen LogP contribution in [0.1, 0.15) is 36.2 Å². The number of aromatic nitrogens is 3. The first-order valence-electron chi connectivity index (χ1n) is 5.76.